The number of hydrogen-bond acceptors (Lipinski definition) is 5. The second-order valence-corrected chi connectivity index (χ2v) is 7.04. The van der Waals surface area contributed by atoms with Crippen LogP contribution in [0.3, 0.4) is 0 Å². The largest absolute Gasteiger partial charge is 0.478 e. The van der Waals surface area contributed by atoms with E-state index in [0.29, 0.717) is 5.88 Å². The first kappa shape index (κ1) is 19.1. The van der Waals surface area contributed by atoms with Crippen molar-refractivity contribution in [3.63, 3.8) is 0 Å². The molecule has 0 radical (unpaired) electrons. The first-order chi connectivity index (χ1) is 13.1. The van der Waals surface area contributed by atoms with Crippen LogP contribution in [0.1, 0.15) is 49.9 Å². The normalized spacial score (nSPS) is 15.0. The lowest BCUT2D eigenvalue weighted by atomic mass is 9.92. The molecule has 2 aromatic heterocycles. The maximum atomic E-state index is 5.55. The molecule has 1 aliphatic rings. The zero-order valence-electron chi connectivity index (χ0n) is 16.6. The molecular formula is C22H28N4O. The smallest absolute Gasteiger partial charge is 0.257 e. The Labute approximate surface area is 161 Å². The third-order valence-electron chi connectivity index (χ3n) is 5.13. The second kappa shape index (κ2) is 8.80. The van der Waals surface area contributed by atoms with Gasteiger partial charge < -0.3 is 10.1 Å². The minimum atomic E-state index is 0.253. The summed E-state index contributed by atoms with van der Waals surface area (Å²) in [6.45, 7) is 6.40. The number of aromatic nitrogens is 3. The van der Waals surface area contributed by atoms with Crippen molar-refractivity contribution >= 4 is 5.69 Å². The molecule has 0 fully saturated rings. The summed E-state index contributed by atoms with van der Waals surface area (Å²) in [5, 5.41) is 12.3. The maximum absolute atomic E-state index is 5.55. The maximum Gasteiger partial charge on any atom is 0.257 e. The number of methoxy groups -OCH3 is 1. The van der Waals surface area contributed by atoms with Gasteiger partial charge in [0.05, 0.1) is 12.8 Å². The predicted molar refractivity (Wildman–Crippen MR) is 109 cm³/mol. The van der Waals surface area contributed by atoms with Crippen molar-refractivity contribution in [2.45, 2.75) is 52.5 Å². The van der Waals surface area contributed by atoms with Crippen LogP contribution in [0.4, 0.5) is 5.69 Å². The van der Waals surface area contributed by atoms with E-state index in [9.17, 15) is 0 Å². The van der Waals surface area contributed by atoms with Crippen LogP contribution in [-0.4, -0.2) is 28.3 Å². The fourth-order valence-corrected chi connectivity index (χ4v) is 3.43. The van der Waals surface area contributed by atoms with Crippen LogP contribution in [0.5, 0.6) is 5.88 Å². The first-order valence-corrected chi connectivity index (χ1v) is 9.54. The molecule has 1 unspecified atom stereocenters. The molecule has 27 heavy (non-hydrogen) atoms. The molecule has 0 saturated heterocycles. The highest BCUT2D eigenvalue weighted by Gasteiger charge is 2.21. The minimum Gasteiger partial charge on any atom is -0.478 e. The Morgan fingerprint density at radius 3 is 2.52 bits per heavy atom. The summed E-state index contributed by atoms with van der Waals surface area (Å²) in [7, 11) is 1.65. The lowest BCUT2D eigenvalue weighted by Crippen LogP contribution is -2.24. The van der Waals surface area contributed by atoms with Gasteiger partial charge in [0, 0.05) is 30.4 Å². The molecule has 0 saturated carbocycles. The summed E-state index contributed by atoms with van der Waals surface area (Å²) >= 11 is 0. The van der Waals surface area contributed by atoms with Gasteiger partial charge in [0.15, 0.2) is 0 Å². The molecule has 0 aliphatic heterocycles. The molecule has 1 atom stereocenters. The predicted octanol–water partition coefficient (Wildman–Crippen LogP) is 4.64. The van der Waals surface area contributed by atoms with Gasteiger partial charge in [-0.2, -0.15) is 5.10 Å². The Balaban J connectivity index is 1.96. The number of nitrogens with zero attached hydrogens (tertiary/aromatic N) is 3. The van der Waals surface area contributed by atoms with E-state index < -0.39 is 0 Å². The van der Waals surface area contributed by atoms with E-state index in [4.69, 9.17) is 4.74 Å². The van der Waals surface area contributed by atoms with Crippen LogP contribution in [-0.2, 0) is 6.42 Å². The van der Waals surface area contributed by atoms with Gasteiger partial charge in [-0.25, -0.2) is 0 Å². The fourth-order valence-electron chi connectivity index (χ4n) is 3.43. The van der Waals surface area contributed by atoms with Crippen molar-refractivity contribution in [1.82, 2.24) is 15.2 Å². The molecule has 142 valence electrons. The molecule has 5 heteroatoms. The van der Waals surface area contributed by atoms with Gasteiger partial charge in [-0.3, -0.25) is 4.98 Å². The van der Waals surface area contributed by atoms with E-state index in [-0.39, 0.29) is 6.04 Å². The summed E-state index contributed by atoms with van der Waals surface area (Å²) in [5.74, 6) is 0.547. The van der Waals surface area contributed by atoms with Gasteiger partial charge in [-0.05, 0) is 56.4 Å². The van der Waals surface area contributed by atoms with Crippen molar-refractivity contribution in [2.75, 3.05) is 12.4 Å². The van der Waals surface area contributed by atoms with E-state index in [2.05, 4.69) is 46.5 Å². The summed E-state index contributed by atoms with van der Waals surface area (Å²) in [5.41, 5.74) is 7.03. The quantitative estimate of drug-likeness (QED) is 0.776. The van der Waals surface area contributed by atoms with Crippen LogP contribution < -0.4 is 10.1 Å². The van der Waals surface area contributed by atoms with Gasteiger partial charge in [-0.1, -0.05) is 24.6 Å². The molecule has 0 amide bonds. The number of ether oxygens (including phenoxy) is 1. The number of nitrogens with one attached hydrogen (secondary N) is 1. The average Bonchev–Trinajstić information content (AvgIpc) is 2.70. The number of pyridine rings is 1. The third kappa shape index (κ3) is 4.54. The molecule has 2 heterocycles. The molecule has 5 nitrogen and oxygen atoms in total. The number of anilines is 1. The van der Waals surface area contributed by atoms with Gasteiger partial charge in [0.1, 0.15) is 5.69 Å². The molecule has 1 aliphatic carbocycles. The van der Waals surface area contributed by atoms with Crippen LogP contribution in [0.25, 0.3) is 0 Å². The monoisotopic (exact) mass is 364 g/mol. The number of hydrogen-bond donors (Lipinski definition) is 1. The van der Waals surface area contributed by atoms with E-state index in [0.717, 1.165) is 42.6 Å². The summed E-state index contributed by atoms with van der Waals surface area (Å²) in [6, 6.07) is 4.32. The number of rotatable bonds is 7. The molecule has 2 aromatic rings. The van der Waals surface area contributed by atoms with Crippen LogP contribution in [0.15, 0.2) is 47.8 Å². The third-order valence-corrected chi connectivity index (χ3v) is 5.13. The molecule has 3 rings (SSSR count). The van der Waals surface area contributed by atoms with E-state index in [1.807, 2.05) is 31.5 Å². The average molecular weight is 364 g/mol. The summed E-state index contributed by atoms with van der Waals surface area (Å²) in [4.78, 5) is 4.11. The van der Waals surface area contributed by atoms with E-state index in [1.165, 1.54) is 16.7 Å². The lowest BCUT2D eigenvalue weighted by molar-refractivity contribution is 0.392. The Morgan fingerprint density at radius 1 is 1.11 bits per heavy atom. The number of aryl methyl sites for hydroxylation is 1. The van der Waals surface area contributed by atoms with Crippen molar-refractivity contribution < 1.29 is 4.74 Å². The van der Waals surface area contributed by atoms with Crippen molar-refractivity contribution in [3.05, 3.63) is 64.6 Å². The summed E-state index contributed by atoms with van der Waals surface area (Å²) < 4.78 is 5.55. The van der Waals surface area contributed by atoms with Crippen molar-refractivity contribution in [3.8, 4) is 5.88 Å². The Morgan fingerprint density at radius 2 is 1.89 bits per heavy atom. The zero-order valence-corrected chi connectivity index (χ0v) is 16.6. The standard InChI is InChI=1S/C22H28N4O/c1-5-20(18-8-6-15(2)7-9-18)24-21-19(14-17-10-12-23-13-11-17)16(3)25-26-22(21)27-4/h6,8,10-13,20H,5,7,9,14H2,1-4H3,(H,24,25). The number of allylic oxidation sites excluding steroid dienone is 3. The SMILES string of the molecule is CCC(Nc1c(OC)nnc(C)c1Cc1ccncc1)C1=CC=C(C)CC1. The molecular weight excluding hydrogens is 336 g/mol. The highest BCUT2D eigenvalue weighted by atomic mass is 16.5. The minimum absolute atomic E-state index is 0.253. The topological polar surface area (TPSA) is 59.9 Å². The first-order valence-electron chi connectivity index (χ1n) is 9.54. The van der Waals surface area contributed by atoms with Gasteiger partial charge in [-0.15, -0.1) is 5.10 Å². The summed E-state index contributed by atoms with van der Waals surface area (Å²) in [6.07, 6.45) is 12.1. The Hall–Kier alpha value is -2.69. The van der Waals surface area contributed by atoms with Crippen LogP contribution in [0, 0.1) is 6.92 Å². The van der Waals surface area contributed by atoms with E-state index in [1.54, 1.807) is 7.11 Å². The van der Waals surface area contributed by atoms with Crippen LogP contribution in [0.2, 0.25) is 0 Å². The van der Waals surface area contributed by atoms with E-state index >= 15 is 0 Å². The fraction of sp³-hybridized carbons (Fsp3) is 0.409. The van der Waals surface area contributed by atoms with Crippen molar-refractivity contribution in [2.24, 2.45) is 0 Å². The Bertz CT molecular complexity index is 843. The van der Waals surface area contributed by atoms with Gasteiger partial charge in [0.2, 0.25) is 0 Å². The highest BCUT2D eigenvalue weighted by molar-refractivity contribution is 5.62. The zero-order chi connectivity index (χ0) is 19.2. The van der Waals surface area contributed by atoms with Gasteiger partial charge >= 0.3 is 0 Å². The second-order valence-electron chi connectivity index (χ2n) is 7.04. The van der Waals surface area contributed by atoms with Crippen molar-refractivity contribution in [1.29, 1.82) is 0 Å². The molecule has 0 aromatic carbocycles. The molecule has 0 spiro atoms. The van der Waals surface area contributed by atoms with Gasteiger partial charge in [0.25, 0.3) is 5.88 Å². The molecule has 1 N–H and O–H groups in total. The van der Waals surface area contributed by atoms with Crippen LogP contribution >= 0.6 is 0 Å². The highest BCUT2D eigenvalue weighted by Crippen LogP contribution is 2.32. The Kier molecular flexibility index (Phi) is 6.22. The molecule has 0 bridgehead atoms. The lowest BCUT2D eigenvalue weighted by Gasteiger charge is -2.26.